The fraction of sp³-hybridized carbons (Fsp3) is 0.533. The first kappa shape index (κ1) is 17.1. The van der Waals surface area contributed by atoms with Crippen molar-refractivity contribution in [1.29, 1.82) is 0 Å². The van der Waals surface area contributed by atoms with Gasteiger partial charge in [-0.3, -0.25) is 0 Å². The number of ether oxygens (including phenoxy) is 1. The Bertz CT molecular complexity index is 463. The van der Waals surface area contributed by atoms with Crippen LogP contribution in [0.25, 0.3) is 0 Å². The van der Waals surface area contributed by atoms with E-state index < -0.39 is 5.97 Å². The molecule has 0 aliphatic heterocycles. The van der Waals surface area contributed by atoms with Crippen LogP contribution in [-0.2, 0) is 4.74 Å². The van der Waals surface area contributed by atoms with E-state index in [0.717, 1.165) is 19.3 Å². The van der Waals surface area contributed by atoms with Crippen LogP contribution in [0.1, 0.15) is 56.3 Å². The highest BCUT2D eigenvalue weighted by molar-refractivity contribution is 6.44. The third kappa shape index (κ3) is 5.22. The number of anilines is 1. The number of carbonyl (C=O) groups is 1. The molecule has 0 heterocycles. The predicted octanol–water partition coefficient (Wildman–Crippen LogP) is 5.09. The maximum Gasteiger partial charge on any atom is 0.340 e. The van der Waals surface area contributed by atoms with E-state index in [1.54, 1.807) is 0 Å². The number of unbranched alkanes of at least 4 members (excludes halogenated alkanes) is 3. The molecule has 112 valence electrons. The number of benzene rings is 1. The van der Waals surface area contributed by atoms with Gasteiger partial charge in [-0.25, -0.2) is 4.79 Å². The molecule has 1 atom stereocenters. The Kier molecular flexibility index (Phi) is 7.17. The Morgan fingerprint density at radius 1 is 1.30 bits per heavy atom. The first-order chi connectivity index (χ1) is 9.45. The summed E-state index contributed by atoms with van der Waals surface area (Å²) in [5, 5.41) is 0.443. The zero-order chi connectivity index (χ0) is 15.1. The van der Waals surface area contributed by atoms with Gasteiger partial charge in [0, 0.05) is 5.69 Å². The van der Waals surface area contributed by atoms with Crippen molar-refractivity contribution in [2.75, 3.05) is 5.73 Å². The molecule has 1 aromatic rings. The molecule has 1 unspecified atom stereocenters. The van der Waals surface area contributed by atoms with Crippen LogP contribution in [0, 0.1) is 0 Å². The lowest BCUT2D eigenvalue weighted by Crippen LogP contribution is -2.15. The number of carbonyl (C=O) groups excluding carboxylic acids is 1. The molecule has 0 aliphatic carbocycles. The Morgan fingerprint density at radius 2 is 2.00 bits per heavy atom. The molecule has 0 aliphatic rings. The van der Waals surface area contributed by atoms with Crippen molar-refractivity contribution in [3.63, 3.8) is 0 Å². The Hall–Kier alpha value is -0.930. The molecule has 0 fully saturated rings. The average molecular weight is 318 g/mol. The zero-order valence-electron chi connectivity index (χ0n) is 11.9. The van der Waals surface area contributed by atoms with Gasteiger partial charge in [0.2, 0.25) is 0 Å². The molecule has 0 radical (unpaired) electrons. The van der Waals surface area contributed by atoms with Gasteiger partial charge >= 0.3 is 5.97 Å². The van der Waals surface area contributed by atoms with Crippen LogP contribution >= 0.6 is 23.2 Å². The summed E-state index contributed by atoms with van der Waals surface area (Å²) in [4.78, 5) is 12.0. The molecule has 1 aromatic carbocycles. The molecular weight excluding hydrogens is 297 g/mol. The normalized spacial score (nSPS) is 12.2. The van der Waals surface area contributed by atoms with Gasteiger partial charge in [0.25, 0.3) is 0 Å². The number of halogens is 2. The van der Waals surface area contributed by atoms with E-state index >= 15 is 0 Å². The van der Waals surface area contributed by atoms with E-state index in [1.165, 1.54) is 25.0 Å². The molecule has 0 bridgehead atoms. The monoisotopic (exact) mass is 317 g/mol. The number of rotatable bonds is 7. The summed E-state index contributed by atoms with van der Waals surface area (Å²) in [6.45, 7) is 4.04. The Balaban J connectivity index is 2.58. The number of hydrogen-bond acceptors (Lipinski definition) is 3. The SMILES string of the molecule is CCCCCCC(C)OC(=O)c1cc(N)cc(Cl)c1Cl. The van der Waals surface area contributed by atoms with Crippen LogP contribution in [-0.4, -0.2) is 12.1 Å². The summed E-state index contributed by atoms with van der Waals surface area (Å²) >= 11 is 11.9. The van der Waals surface area contributed by atoms with Gasteiger partial charge in [0.1, 0.15) is 0 Å². The van der Waals surface area contributed by atoms with E-state index in [-0.39, 0.29) is 21.7 Å². The third-order valence-corrected chi connectivity index (χ3v) is 3.84. The Labute approximate surface area is 130 Å². The second kappa shape index (κ2) is 8.38. The van der Waals surface area contributed by atoms with E-state index in [2.05, 4.69) is 6.92 Å². The fourth-order valence-corrected chi connectivity index (χ4v) is 2.34. The van der Waals surface area contributed by atoms with Crippen molar-refractivity contribution < 1.29 is 9.53 Å². The topological polar surface area (TPSA) is 52.3 Å². The smallest absolute Gasteiger partial charge is 0.340 e. The first-order valence-electron chi connectivity index (χ1n) is 6.91. The van der Waals surface area contributed by atoms with Crippen LogP contribution in [0.2, 0.25) is 10.0 Å². The highest BCUT2D eigenvalue weighted by Gasteiger charge is 2.17. The summed E-state index contributed by atoms with van der Waals surface area (Å²) < 4.78 is 5.37. The second-order valence-electron chi connectivity index (χ2n) is 4.93. The van der Waals surface area contributed by atoms with E-state index in [4.69, 9.17) is 33.7 Å². The van der Waals surface area contributed by atoms with Gasteiger partial charge in [-0.1, -0.05) is 49.4 Å². The summed E-state index contributed by atoms with van der Waals surface area (Å²) in [5.41, 5.74) is 6.27. The first-order valence-corrected chi connectivity index (χ1v) is 7.66. The van der Waals surface area contributed by atoms with Crippen molar-refractivity contribution in [1.82, 2.24) is 0 Å². The van der Waals surface area contributed by atoms with Crippen molar-refractivity contribution in [3.05, 3.63) is 27.7 Å². The van der Waals surface area contributed by atoms with Gasteiger partial charge in [-0.2, -0.15) is 0 Å². The average Bonchev–Trinajstić information content (AvgIpc) is 2.38. The number of nitrogens with two attached hydrogens (primary N) is 1. The lowest BCUT2D eigenvalue weighted by Gasteiger charge is -2.14. The van der Waals surface area contributed by atoms with Gasteiger partial charge in [0.15, 0.2) is 0 Å². The van der Waals surface area contributed by atoms with Crippen molar-refractivity contribution in [2.45, 2.75) is 52.1 Å². The highest BCUT2D eigenvalue weighted by Crippen LogP contribution is 2.29. The van der Waals surface area contributed by atoms with Gasteiger partial charge in [0.05, 0.1) is 21.7 Å². The van der Waals surface area contributed by atoms with E-state index in [9.17, 15) is 4.79 Å². The number of esters is 1. The summed E-state index contributed by atoms with van der Waals surface area (Å²) in [6, 6.07) is 3.00. The van der Waals surface area contributed by atoms with Gasteiger partial charge in [-0.15, -0.1) is 0 Å². The van der Waals surface area contributed by atoms with Gasteiger partial charge in [-0.05, 0) is 31.9 Å². The quantitative estimate of drug-likeness (QED) is 0.433. The van der Waals surface area contributed by atoms with Crippen LogP contribution in [0.15, 0.2) is 12.1 Å². The van der Waals surface area contributed by atoms with Crippen molar-refractivity contribution >= 4 is 34.9 Å². The lowest BCUT2D eigenvalue weighted by atomic mass is 10.1. The predicted molar refractivity (Wildman–Crippen MR) is 84.5 cm³/mol. The molecule has 20 heavy (non-hydrogen) atoms. The second-order valence-corrected chi connectivity index (χ2v) is 5.71. The third-order valence-electron chi connectivity index (χ3n) is 3.04. The largest absolute Gasteiger partial charge is 0.459 e. The minimum absolute atomic E-state index is 0.143. The van der Waals surface area contributed by atoms with Crippen molar-refractivity contribution in [3.8, 4) is 0 Å². The summed E-state index contributed by atoms with van der Waals surface area (Å²) in [6.07, 6.45) is 5.30. The molecule has 2 N–H and O–H groups in total. The summed E-state index contributed by atoms with van der Waals surface area (Å²) in [7, 11) is 0. The van der Waals surface area contributed by atoms with Crippen LogP contribution in [0.5, 0.6) is 0 Å². The van der Waals surface area contributed by atoms with Crippen LogP contribution in [0.4, 0.5) is 5.69 Å². The lowest BCUT2D eigenvalue weighted by molar-refractivity contribution is 0.0319. The molecular formula is C15H21Cl2NO2. The molecule has 1 rings (SSSR count). The minimum atomic E-state index is -0.479. The standard InChI is InChI=1S/C15H21Cl2NO2/c1-3-4-5-6-7-10(2)20-15(19)12-8-11(18)9-13(16)14(12)17/h8-10H,3-7,18H2,1-2H3. The van der Waals surface area contributed by atoms with Gasteiger partial charge < -0.3 is 10.5 Å². The van der Waals surface area contributed by atoms with Crippen LogP contribution in [0.3, 0.4) is 0 Å². The maximum absolute atomic E-state index is 12.0. The van der Waals surface area contributed by atoms with Crippen molar-refractivity contribution in [2.24, 2.45) is 0 Å². The highest BCUT2D eigenvalue weighted by atomic mass is 35.5. The molecule has 0 spiro atoms. The number of hydrogen-bond donors (Lipinski definition) is 1. The summed E-state index contributed by atoms with van der Waals surface area (Å²) in [5.74, 6) is -0.479. The maximum atomic E-state index is 12.0. The molecule has 0 amide bonds. The van der Waals surface area contributed by atoms with E-state index in [0.29, 0.717) is 5.69 Å². The Morgan fingerprint density at radius 3 is 2.65 bits per heavy atom. The molecule has 0 saturated heterocycles. The molecule has 0 saturated carbocycles. The van der Waals surface area contributed by atoms with E-state index in [1.807, 2.05) is 6.92 Å². The number of nitrogen functional groups attached to an aromatic ring is 1. The molecule has 0 aromatic heterocycles. The minimum Gasteiger partial charge on any atom is -0.459 e. The zero-order valence-corrected chi connectivity index (χ0v) is 13.4. The van der Waals surface area contributed by atoms with Crippen LogP contribution < -0.4 is 5.73 Å². The fourth-order valence-electron chi connectivity index (χ4n) is 1.92. The molecule has 5 heteroatoms. The molecule has 3 nitrogen and oxygen atoms in total.